The number of ether oxygens (including phenoxy) is 2. The third-order valence-electron chi connectivity index (χ3n) is 5.40. The second kappa shape index (κ2) is 9.40. The van der Waals surface area contributed by atoms with Crippen LogP contribution >= 0.6 is 11.3 Å². The fourth-order valence-electron chi connectivity index (χ4n) is 3.80. The number of hydrogen-bond acceptors (Lipinski definition) is 5. The van der Waals surface area contributed by atoms with Crippen molar-refractivity contribution in [2.75, 3.05) is 24.9 Å². The van der Waals surface area contributed by atoms with Crippen LogP contribution in [0.25, 0.3) is 0 Å². The minimum absolute atomic E-state index is 0.0675. The van der Waals surface area contributed by atoms with E-state index >= 15 is 0 Å². The molecule has 32 heavy (non-hydrogen) atoms. The van der Waals surface area contributed by atoms with Gasteiger partial charge in [0.05, 0.1) is 31.0 Å². The van der Waals surface area contributed by atoms with Gasteiger partial charge in [-0.3, -0.25) is 9.59 Å². The summed E-state index contributed by atoms with van der Waals surface area (Å²) in [6.07, 6.45) is 3.60. The highest BCUT2D eigenvalue weighted by molar-refractivity contribution is 7.17. The molecule has 0 saturated carbocycles. The van der Waals surface area contributed by atoms with E-state index in [0.717, 1.165) is 36.1 Å². The zero-order valence-electron chi connectivity index (χ0n) is 17.8. The summed E-state index contributed by atoms with van der Waals surface area (Å²) in [5.41, 5.74) is 1.78. The standard InChI is InChI=1S/C24H23FN2O4S/c1-30-14-11-12-18(19(13-14)31-2)26-23(29)21-16-8-4-6-10-20(16)32-24(21)27-22(28)15-7-3-5-9-17(15)25/h3,5,7,9,11-13H,4,6,8,10H2,1-2H3,(H,26,29)(H,27,28). The molecule has 8 heteroatoms. The maximum absolute atomic E-state index is 14.1. The molecule has 2 aromatic carbocycles. The van der Waals surface area contributed by atoms with Crippen LogP contribution in [0.15, 0.2) is 42.5 Å². The van der Waals surface area contributed by atoms with Crippen LogP contribution in [-0.4, -0.2) is 26.0 Å². The molecule has 0 fully saturated rings. The van der Waals surface area contributed by atoms with Crippen molar-refractivity contribution in [3.8, 4) is 11.5 Å². The molecular weight excluding hydrogens is 431 g/mol. The normalized spacial score (nSPS) is 12.6. The van der Waals surface area contributed by atoms with E-state index in [1.807, 2.05) is 0 Å². The van der Waals surface area contributed by atoms with Gasteiger partial charge in [0.1, 0.15) is 22.3 Å². The van der Waals surface area contributed by atoms with Gasteiger partial charge in [-0.25, -0.2) is 4.39 Å². The molecule has 0 atom stereocenters. The molecule has 0 radical (unpaired) electrons. The van der Waals surface area contributed by atoms with Crippen LogP contribution in [-0.2, 0) is 12.8 Å². The Kier molecular flexibility index (Phi) is 6.41. The van der Waals surface area contributed by atoms with Crippen molar-refractivity contribution >= 4 is 33.8 Å². The summed E-state index contributed by atoms with van der Waals surface area (Å²) in [5.74, 6) is -0.487. The van der Waals surface area contributed by atoms with Crippen LogP contribution in [0.3, 0.4) is 0 Å². The van der Waals surface area contributed by atoms with E-state index in [0.29, 0.717) is 27.8 Å². The molecule has 0 spiro atoms. The van der Waals surface area contributed by atoms with E-state index in [1.165, 1.54) is 36.6 Å². The first kappa shape index (κ1) is 21.8. The number of fused-ring (bicyclic) bond motifs is 1. The lowest BCUT2D eigenvalue weighted by Gasteiger charge is -2.15. The topological polar surface area (TPSA) is 76.7 Å². The van der Waals surface area contributed by atoms with Gasteiger partial charge < -0.3 is 20.1 Å². The van der Waals surface area contributed by atoms with E-state index < -0.39 is 11.7 Å². The number of halogens is 1. The first-order valence-electron chi connectivity index (χ1n) is 10.3. The van der Waals surface area contributed by atoms with Crippen molar-refractivity contribution in [3.05, 3.63) is 69.8 Å². The van der Waals surface area contributed by atoms with Crippen LogP contribution in [0.2, 0.25) is 0 Å². The average molecular weight is 455 g/mol. The maximum atomic E-state index is 14.1. The van der Waals surface area contributed by atoms with Crippen LogP contribution in [0.4, 0.5) is 15.1 Å². The molecule has 0 bridgehead atoms. The fourth-order valence-corrected chi connectivity index (χ4v) is 5.08. The quantitative estimate of drug-likeness (QED) is 0.531. The highest BCUT2D eigenvalue weighted by Gasteiger charge is 2.27. The Morgan fingerprint density at radius 1 is 0.969 bits per heavy atom. The smallest absolute Gasteiger partial charge is 0.259 e. The number of nitrogens with one attached hydrogen (secondary N) is 2. The van der Waals surface area contributed by atoms with Crippen molar-refractivity contribution in [3.63, 3.8) is 0 Å². The Labute approximate surface area is 189 Å². The summed E-state index contributed by atoms with van der Waals surface area (Å²) < 4.78 is 24.7. The molecule has 0 unspecified atom stereocenters. The SMILES string of the molecule is COc1ccc(NC(=O)c2c(NC(=O)c3ccccc3F)sc3c2CCCC3)c(OC)c1. The van der Waals surface area contributed by atoms with Crippen LogP contribution < -0.4 is 20.1 Å². The first-order valence-corrected chi connectivity index (χ1v) is 11.1. The molecule has 1 aromatic heterocycles. The Bertz CT molecular complexity index is 1170. The van der Waals surface area contributed by atoms with Gasteiger partial charge in [-0.2, -0.15) is 0 Å². The van der Waals surface area contributed by atoms with Gasteiger partial charge in [-0.05, 0) is 55.5 Å². The number of carbonyl (C=O) groups excluding carboxylic acids is 2. The molecular formula is C24H23FN2O4S. The molecule has 1 heterocycles. The number of methoxy groups -OCH3 is 2. The molecule has 0 aliphatic heterocycles. The van der Waals surface area contributed by atoms with Crippen LogP contribution in [0.1, 0.15) is 44.0 Å². The summed E-state index contributed by atoms with van der Waals surface area (Å²) >= 11 is 1.38. The molecule has 2 N–H and O–H groups in total. The number of rotatable bonds is 6. The molecule has 4 rings (SSSR count). The number of amides is 2. The third-order valence-corrected chi connectivity index (χ3v) is 6.61. The first-order chi connectivity index (χ1) is 15.5. The number of hydrogen-bond donors (Lipinski definition) is 2. The number of thiophene rings is 1. The van der Waals surface area contributed by atoms with Gasteiger partial charge in [-0.15, -0.1) is 11.3 Å². The van der Waals surface area contributed by atoms with E-state index in [1.54, 1.807) is 31.4 Å². The van der Waals surface area contributed by atoms with Gasteiger partial charge in [-0.1, -0.05) is 12.1 Å². The fraction of sp³-hybridized carbons (Fsp3) is 0.250. The Balaban J connectivity index is 1.67. The Morgan fingerprint density at radius 2 is 1.75 bits per heavy atom. The minimum atomic E-state index is -0.611. The second-order valence-electron chi connectivity index (χ2n) is 7.37. The molecule has 1 aliphatic rings. The van der Waals surface area contributed by atoms with Crippen LogP contribution in [0, 0.1) is 5.82 Å². The second-order valence-corrected chi connectivity index (χ2v) is 8.47. The van der Waals surface area contributed by atoms with Crippen molar-refractivity contribution < 1.29 is 23.5 Å². The Hall–Kier alpha value is -3.39. The highest BCUT2D eigenvalue weighted by atomic mass is 32.1. The predicted molar refractivity (Wildman–Crippen MR) is 123 cm³/mol. The summed E-state index contributed by atoms with van der Waals surface area (Å²) in [5, 5.41) is 6.08. The lowest BCUT2D eigenvalue weighted by atomic mass is 9.95. The average Bonchev–Trinajstić information content (AvgIpc) is 3.17. The number of anilines is 2. The van der Waals surface area contributed by atoms with E-state index in [4.69, 9.17) is 9.47 Å². The minimum Gasteiger partial charge on any atom is -0.497 e. The highest BCUT2D eigenvalue weighted by Crippen LogP contribution is 2.39. The number of aryl methyl sites for hydroxylation is 1. The van der Waals surface area contributed by atoms with E-state index in [2.05, 4.69) is 10.6 Å². The monoisotopic (exact) mass is 454 g/mol. The maximum Gasteiger partial charge on any atom is 0.259 e. The lowest BCUT2D eigenvalue weighted by Crippen LogP contribution is -2.19. The number of benzene rings is 2. The van der Waals surface area contributed by atoms with Gasteiger partial charge in [0.25, 0.3) is 11.8 Å². The summed E-state index contributed by atoms with van der Waals surface area (Å²) in [4.78, 5) is 27.2. The summed E-state index contributed by atoms with van der Waals surface area (Å²) in [6, 6.07) is 10.9. The van der Waals surface area contributed by atoms with Crippen molar-refractivity contribution in [1.29, 1.82) is 0 Å². The van der Waals surface area contributed by atoms with Gasteiger partial charge >= 0.3 is 0 Å². The zero-order chi connectivity index (χ0) is 22.7. The van der Waals surface area contributed by atoms with Gasteiger partial charge in [0.15, 0.2) is 0 Å². The number of carbonyl (C=O) groups is 2. The zero-order valence-corrected chi connectivity index (χ0v) is 18.6. The molecule has 1 aliphatic carbocycles. The van der Waals surface area contributed by atoms with E-state index in [-0.39, 0.29) is 11.5 Å². The summed E-state index contributed by atoms with van der Waals surface area (Å²) in [6.45, 7) is 0. The van der Waals surface area contributed by atoms with Gasteiger partial charge in [0, 0.05) is 10.9 Å². The molecule has 166 valence electrons. The summed E-state index contributed by atoms with van der Waals surface area (Å²) in [7, 11) is 3.06. The van der Waals surface area contributed by atoms with Crippen molar-refractivity contribution in [2.24, 2.45) is 0 Å². The molecule has 3 aromatic rings. The molecule has 2 amide bonds. The third kappa shape index (κ3) is 4.31. The largest absolute Gasteiger partial charge is 0.497 e. The van der Waals surface area contributed by atoms with Gasteiger partial charge in [0.2, 0.25) is 0 Å². The Morgan fingerprint density at radius 3 is 2.50 bits per heavy atom. The van der Waals surface area contributed by atoms with Crippen LogP contribution in [0.5, 0.6) is 11.5 Å². The lowest BCUT2D eigenvalue weighted by molar-refractivity contribution is 0.102. The van der Waals surface area contributed by atoms with E-state index in [9.17, 15) is 14.0 Å². The molecule has 0 saturated heterocycles. The van der Waals surface area contributed by atoms with Crippen molar-refractivity contribution in [2.45, 2.75) is 25.7 Å². The predicted octanol–water partition coefficient (Wildman–Crippen LogP) is 5.29. The molecule has 6 nitrogen and oxygen atoms in total. The van der Waals surface area contributed by atoms with Crippen molar-refractivity contribution in [1.82, 2.24) is 0 Å².